The van der Waals surface area contributed by atoms with Crippen LogP contribution in [-0.2, 0) is 10.0 Å². The number of anilines is 1. The number of hydrogen-bond donors (Lipinski definition) is 2. The summed E-state index contributed by atoms with van der Waals surface area (Å²) >= 11 is 8.24. The van der Waals surface area contributed by atoms with Crippen molar-refractivity contribution in [3.05, 3.63) is 28.9 Å². The van der Waals surface area contributed by atoms with Gasteiger partial charge in [-0.2, -0.15) is 4.31 Å². The van der Waals surface area contributed by atoms with Crippen LogP contribution in [0.15, 0.2) is 23.2 Å². The fraction of sp³-hybridized carbons (Fsp3) is 0.625. The monoisotopic (exact) mass is 523 g/mol. The minimum absolute atomic E-state index is 0.182. The predicted octanol–water partition coefficient (Wildman–Crippen LogP) is 4.40. The Balaban J connectivity index is 1.21. The van der Waals surface area contributed by atoms with Crippen molar-refractivity contribution in [2.45, 2.75) is 51.1 Å². The van der Waals surface area contributed by atoms with Crippen molar-refractivity contribution < 1.29 is 8.42 Å². The van der Waals surface area contributed by atoms with Gasteiger partial charge in [0.2, 0.25) is 10.0 Å². The SMILES string of the molecule is CCS(=O)(=O)N1CCN(CC[C@@H]2CSC(c3cc4cc(Cl)cc(NC5CCCC5)c4[nH]3)=N2)CC1. The van der Waals surface area contributed by atoms with Crippen molar-refractivity contribution in [1.29, 1.82) is 0 Å². The van der Waals surface area contributed by atoms with E-state index in [4.69, 9.17) is 16.6 Å². The number of halogens is 1. The maximum atomic E-state index is 12.1. The molecule has 1 atom stereocenters. The van der Waals surface area contributed by atoms with Crippen molar-refractivity contribution in [3.63, 3.8) is 0 Å². The highest BCUT2D eigenvalue weighted by molar-refractivity contribution is 8.14. The molecule has 3 aliphatic rings. The van der Waals surface area contributed by atoms with Gasteiger partial charge in [0.15, 0.2) is 0 Å². The van der Waals surface area contributed by atoms with Gasteiger partial charge in [0.1, 0.15) is 5.04 Å². The highest BCUT2D eigenvalue weighted by Crippen LogP contribution is 2.33. The third-order valence-electron chi connectivity index (χ3n) is 7.22. The molecule has 2 aromatic rings. The van der Waals surface area contributed by atoms with Gasteiger partial charge in [-0.3, -0.25) is 4.99 Å². The molecule has 1 aromatic carbocycles. The zero-order chi connectivity index (χ0) is 23.7. The number of aromatic nitrogens is 1. The Morgan fingerprint density at radius 2 is 1.94 bits per heavy atom. The van der Waals surface area contributed by atoms with E-state index >= 15 is 0 Å². The summed E-state index contributed by atoms with van der Waals surface area (Å²) in [6.45, 7) is 5.46. The average molecular weight is 524 g/mol. The molecule has 5 rings (SSSR count). The third-order valence-corrected chi connectivity index (χ3v) is 10.5. The molecule has 2 fully saturated rings. The van der Waals surface area contributed by atoms with Crippen LogP contribution in [0.3, 0.4) is 0 Å². The van der Waals surface area contributed by atoms with Crippen LogP contribution in [-0.4, -0.2) is 84.0 Å². The molecule has 0 spiro atoms. The Hall–Kier alpha value is -1.26. The van der Waals surface area contributed by atoms with Crippen LogP contribution in [0.2, 0.25) is 5.02 Å². The van der Waals surface area contributed by atoms with Crippen molar-refractivity contribution in [2.75, 3.05) is 49.5 Å². The molecule has 34 heavy (non-hydrogen) atoms. The summed E-state index contributed by atoms with van der Waals surface area (Å²) in [6, 6.07) is 7.04. The molecule has 0 bridgehead atoms. The van der Waals surface area contributed by atoms with E-state index in [-0.39, 0.29) is 5.75 Å². The fourth-order valence-corrected chi connectivity index (χ4v) is 7.57. The van der Waals surface area contributed by atoms with Gasteiger partial charge < -0.3 is 15.2 Å². The summed E-state index contributed by atoms with van der Waals surface area (Å²) in [7, 11) is -3.07. The normalized spacial score (nSPS) is 23.1. The maximum absolute atomic E-state index is 12.1. The first-order chi connectivity index (χ1) is 16.4. The number of piperazine rings is 1. The molecule has 0 unspecified atom stereocenters. The molecular weight excluding hydrogens is 490 g/mol. The molecule has 1 aliphatic carbocycles. The van der Waals surface area contributed by atoms with Crippen LogP contribution >= 0.6 is 23.4 Å². The topological polar surface area (TPSA) is 80.8 Å². The molecule has 10 heteroatoms. The molecule has 3 heterocycles. The van der Waals surface area contributed by atoms with Gasteiger partial charge in [0.05, 0.1) is 28.7 Å². The Bertz CT molecular complexity index is 1150. The first kappa shape index (κ1) is 24.4. The van der Waals surface area contributed by atoms with E-state index in [0.717, 1.165) is 64.2 Å². The number of nitrogens with zero attached hydrogens (tertiary/aromatic N) is 3. The molecule has 2 aliphatic heterocycles. The fourth-order valence-electron chi connectivity index (χ4n) is 5.18. The number of rotatable bonds is 8. The number of nitrogens with one attached hydrogen (secondary N) is 2. The second-order valence-electron chi connectivity index (χ2n) is 9.56. The lowest BCUT2D eigenvalue weighted by molar-refractivity contribution is 0.184. The van der Waals surface area contributed by atoms with Gasteiger partial charge in [0, 0.05) is 54.9 Å². The second-order valence-corrected chi connectivity index (χ2v) is 13.3. The number of benzene rings is 1. The minimum Gasteiger partial charge on any atom is -0.381 e. The zero-order valence-corrected chi connectivity index (χ0v) is 22.1. The molecule has 1 saturated carbocycles. The van der Waals surface area contributed by atoms with E-state index in [1.807, 2.05) is 23.9 Å². The number of aliphatic imine (C=N–C) groups is 1. The number of sulfonamides is 1. The Morgan fingerprint density at radius 1 is 1.18 bits per heavy atom. The Kier molecular flexibility index (Phi) is 7.46. The Labute approximate surface area is 211 Å². The van der Waals surface area contributed by atoms with Gasteiger partial charge in [-0.05, 0) is 44.4 Å². The first-order valence-corrected chi connectivity index (χ1v) is 15.4. The molecule has 1 aromatic heterocycles. The number of aromatic amines is 1. The van der Waals surface area contributed by atoms with E-state index in [2.05, 4.69) is 21.3 Å². The van der Waals surface area contributed by atoms with Crippen LogP contribution in [0.1, 0.15) is 44.7 Å². The summed E-state index contributed by atoms with van der Waals surface area (Å²) in [4.78, 5) is 11.0. The van der Waals surface area contributed by atoms with Crippen LogP contribution in [0.4, 0.5) is 5.69 Å². The molecule has 0 radical (unpaired) electrons. The summed E-state index contributed by atoms with van der Waals surface area (Å²) in [6.07, 6.45) is 6.02. The summed E-state index contributed by atoms with van der Waals surface area (Å²) in [5.41, 5.74) is 3.26. The van der Waals surface area contributed by atoms with Crippen LogP contribution in [0, 0.1) is 0 Å². The third kappa shape index (κ3) is 5.43. The zero-order valence-electron chi connectivity index (χ0n) is 19.7. The van der Waals surface area contributed by atoms with Gasteiger partial charge in [-0.1, -0.05) is 24.4 Å². The average Bonchev–Trinajstić information content (AvgIpc) is 3.58. The number of fused-ring (bicyclic) bond motifs is 1. The van der Waals surface area contributed by atoms with E-state index in [9.17, 15) is 8.42 Å². The highest BCUT2D eigenvalue weighted by atomic mass is 35.5. The van der Waals surface area contributed by atoms with Crippen LogP contribution in [0.25, 0.3) is 10.9 Å². The van der Waals surface area contributed by atoms with Crippen molar-refractivity contribution >= 4 is 55.0 Å². The minimum atomic E-state index is -3.07. The lowest BCUT2D eigenvalue weighted by Gasteiger charge is -2.34. The summed E-state index contributed by atoms with van der Waals surface area (Å²) < 4.78 is 25.8. The van der Waals surface area contributed by atoms with Gasteiger partial charge in [-0.25, -0.2) is 8.42 Å². The van der Waals surface area contributed by atoms with Crippen LogP contribution in [0.5, 0.6) is 0 Å². The van der Waals surface area contributed by atoms with Crippen molar-refractivity contribution in [1.82, 2.24) is 14.2 Å². The number of H-pyrrole nitrogens is 1. The van der Waals surface area contributed by atoms with Gasteiger partial charge >= 0.3 is 0 Å². The lowest BCUT2D eigenvalue weighted by atomic mass is 10.2. The van der Waals surface area contributed by atoms with Crippen molar-refractivity contribution in [3.8, 4) is 0 Å². The van der Waals surface area contributed by atoms with E-state index in [1.165, 1.54) is 25.7 Å². The molecule has 2 N–H and O–H groups in total. The van der Waals surface area contributed by atoms with Gasteiger partial charge in [0.25, 0.3) is 0 Å². The largest absolute Gasteiger partial charge is 0.381 e. The highest BCUT2D eigenvalue weighted by Gasteiger charge is 2.27. The summed E-state index contributed by atoms with van der Waals surface area (Å²) in [5, 5.41) is 6.65. The number of hydrogen-bond acceptors (Lipinski definition) is 6. The van der Waals surface area contributed by atoms with E-state index in [1.54, 1.807) is 11.2 Å². The maximum Gasteiger partial charge on any atom is 0.213 e. The second kappa shape index (κ2) is 10.4. The smallest absolute Gasteiger partial charge is 0.213 e. The molecule has 7 nitrogen and oxygen atoms in total. The van der Waals surface area contributed by atoms with Crippen LogP contribution < -0.4 is 5.32 Å². The van der Waals surface area contributed by atoms with Crippen molar-refractivity contribution in [2.24, 2.45) is 4.99 Å². The first-order valence-electron chi connectivity index (χ1n) is 12.4. The molecule has 1 saturated heterocycles. The van der Waals surface area contributed by atoms with E-state index in [0.29, 0.717) is 25.2 Å². The van der Waals surface area contributed by atoms with Gasteiger partial charge in [-0.15, -0.1) is 11.8 Å². The molecular formula is C24H34ClN5O2S2. The number of thioether (sulfide) groups is 1. The molecule has 186 valence electrons. The standard InChI is InChI=1S/C24H34ClN5O2S2/c1-2-34(31,32)30-11-9-29(10-12-30)8-7-20-16-33-24(27-20)22-14-17-13-18(25)15-21(23(17)28-22)26-19-5-3-4-6-19/h13-15,19-20,26,28H,2-12,16H2,1H3/t20-/m1/s1. The predicted molar refractivity (Wildman–Crippen MR) is 144 cm³/mol. The summed E-state index contributed by atoms with van der Waals surface area (Å²) in [5.74, 6) is 1.17. The Morgan fingerprint density at radius 3 is 2.68 bits per heavy atom. The quantitative estimate of drug-likeness (QED) is 0.536. The van der Waals surface area contributed by atoms with E-state index < -0.39 is 10.0 Å². The lowest BCUT2D eigenvalue weighted by Crippen LogP contribution is -2.49. The molecule has 0 amide bonds.